The van der Waals surface area contributed by atoms with Crippen LogP contribution in [0.25, 0.3) is 0 Å². The molecular weight excluding hydrogens is 334 g/mol. The summed E-state index contributed by atoms with van der Waals surface area (Å²) in [7, 11) is 0. The topological polar surface area (TPSA) is 75.6 Å². The molecule has 134 valence electrons. The Morgan fingerprint density at radius 3 is 2.17 bits per heavy atom. The third-order valence-corrected chi connectivity index (χ3v) is 3.20. The number of carboxylic acids is 1. The number of alkyl halides is 3. The first-order valence-electron chi connectivity index (χ1n) is 7.05. The maximum atomic E-state index is 12.7. The van der Waals surface area contributed by atoms with Crippen LogP contribution < -0.4 is 5.32 Å². The summed E-state index contributed by atoms with van der Waals surface area (Å²) in [4.78, 5) is 20.5. The Bertz CT molecular complexity index is 556. The monoisotopic (exact) mass is 351 g/mol. The van der Waals surface area contributed by atoms with Gasteiger partial charge in [-0.1, -0.05) is 19.1 Å². The fraction of sp³-hybridized carbons (Fsp3) is 0.467. The molecule has 1 heterocycles. The average molecular weight is 351 g/mol. The third kappa shape index (κ3) is 6.95. The molecule has 2 rings (SSSR count). The van der Waals surface area contributed by atoms with Crippen LogP contribution in [0.1, 0.15) is 24.8 Å². The molecule has 1 aliphatic heterocycles. The van der Waals surface area contributed by atoms with Crippen LogP contribution in [0.4, 0.5) is 17.6 Å². The first kappa shape index (κ1) is 19.9. The summed E-state index contributed by atoms with van der Waals surface area (Å²) >= 11 is 0. The molecule has 0 bridgehead atoms. The molecule has 24 heavy (non-hydrogen) atoms. The Hall–Kier alpha value is -2.16. The summed E-state index contributed by atoms with van der Waals surface area (Å²) < 4.78 is 49.7. The van der Waals surface area contributed by atoms with E-state index in [1.165, 1.54) is 12.1 Å². The quantitative estimate of drug-likeness (QED) is 0.644. The van der Waals surface area contributed by atoms with E-state index < -0.39 is 12.1 Å². The van der Waals surface area contributed by atoms with Crippen molar-refractivity contribution in [1.82, 2.24) is 5.32 Å². The molecule has 0 spiro atoms. The second-order valence-corrected chi connectivity index (χ2v) is 5.23. The van der Waals surface area contributed by atoms with Gasteiger partial charge in [-0.3, -0.25) is 4.79 Å². The van der Waals surface area contributed by atoms with Gasteiger partial charge < -0.3 is 15.2 Å². The molecule has 1 fully saturated rings. The van der Waals surface area contributed by atoms with Gasteiger partial charge in [-0.25, -0.2) is 9.18 Å². The van der Waals surface area contributed by atoms with Gasteiger partial charge in [0.2, 0.25) is 0 Å². The van der Waals surface area contributed by atoms with E-state index in [9.17, 15) is 22.4 Å². The highest BCUT2D eigenvalue weighted by atomic mass is 19.4. The fourth-order valence-corrected chi connectivity index (χ4v) is 1.74. The predicted octanol–water partition coefficient (Wildman–Crippen LogP) is 2.47. The lowest BCUT2D eigenvalue weighted by molar-refractivity contribution is -0.192. The van der Waals surface area contributed by atoms with Gasteiger partial charge in [-0.2, -0.15) is 13.2 Å². The van der Waals surface area contributed by atoms with E-state index in [1.54, 1.807) is 12.1 Å². The molecule has 1 atom stereocenters. The van der Waals surface area contributed by atoms with Crippen LogP contribution >= 0.6 is 0 Å². The normalized spacial score (nSPS) is 15.5. The number of aliphatic carboxylic acids is 1. The van der Waals surface area contributed by atoms with E-state index in [-0.39, 0.29) is 23.8 Å². The van der Waals surface area contributed by atoms with Crippen LogP contribution in [0.3, 0.4) is 0 Å². The van der Waals surface area contributed by atoms with Crippen molar-refractivity contribution in [2.24, 2.45) is 0 Å². The largest absolute Gasteiger partial charge is 0.490 e. The zero-order valence-electron chi connectivity index (χ0n) is 12.8. The van der Waals surface area contributed by atoms with E-state index in [2.05, 4.69) is 5.32 Å². The maximum absolute atomic E-state index is 12.7. The van der Waals surface area contributed by atoms with Crippen molar-refractivity contribution >= 4 is 11.9 Å². The van der Waals surface area contributed by atoms with Crippen molar-refractivity contribution in [3.05, 3.63) is 35.6 Å². The van der Waals surface area contributed by atoms with E-state index in [1.807, 2.05) is 6.92 Å². The van der Waals surface area contributed by atoms with E-state index in [0.29, 0.717) is 6.42 Å². The molecule has 1 aromatic carbocycles. The van der Waals surface area contributed by atoms with Crippen molar-refractivity contribution in [2.45, 2.75) is 31.5 Å². The van der Waals surface area contributed by atoms with Crippen molar-refractivity contribution in [2.75, 3.05) is 13.1 Å². The Balaban J connectivity index is 0.000000351. The highest BCUT2D eigenvalue weighted by Crippen LogP contribution is 2.20. The molecule has 0 radical (unpaired) electrons. The van der Waals surface area contributed by atoms with Gasteiger partial charge in [0.25, 0.3) is 0 Å². The summed E-state index contributed by atoms with van der Waals surface area (Å²) in [6.07, 6.45) is -4.72. The molecule has 1 unspecified atom stereocenters. The van der Waals surface area contributed by atoms with Gasteiger partial charge in [-0.15, -0.1) is 0 Å². The summed E-state index contributed by atoms with van der Waals surface area (Å²) in [5.74, 6) is -3.15. The number of rotatable bonds is 4. The highest BCUT2D eigenvalue weighted by Gasteiger charge is 2.38. The Morgan fingerprint density at radius 2 is 1.79 bits per heavy atom. The van der Waals surface area contributed by atoms with Crippen molar-refractivity contribution < 1.29 is 37.0 Å². The first-order valence-corrected chi connectivity index (χ1v) is 7.05. The van der Waals surface area contributed by atoms with Crippen LogP contribution in [-0.4, -0.2) is 42.4 Å². The minimum absolute atomic E-state index is 0.0305. The molecule has 1 aromatic rings. The smallest absolute Gasteiger partial charge is 0.475 e. The minimum Gasteiger partial charge on any atom is -0.475 e. The van der Waals surface area contributed by atoms with Crippen molar-refractivity contribution in [3.8, 4) is 0 Å². The molecule has 5 nitrogen and oxygen atoms in total. The number of carbonyl (C=O) groups excluding carboxylic acids is 1. The third-order valence-electron chi connectivity index (χ3n) is 3.20. The van der Waals surface area contributed by atoms with Gasteiger partial charge in [0.05, 0.1) is 6.42 Å². The van der Waals surface area contributed by atoms with Crippen LogP contribution in [0.5, 0.6) is 0 Å². The average Bonchev–Trinajstić information content (AvgIpc) is 2.43. The lowest BCUT2D eigenvalue weighted by Gasteiger charge is -2.27. The van der Waals surface area contributed by atoms with Crippen LogP contribution in [0, 0.1) is 5.82 Å². The van der Waals surface area contributed by atoms with Crippen LogP contribution in [0.2, 0.25) is 0 Å². The number of esters is 1. The number of hydrogen-bond acceptors (Lipinski definition) is 4. The van der Waals surface area contributed by atoms with Crippen molar-refractivity contribution in [3.63, 3.8) is 0 Å². The Labute approximate surface area is 135 Å². The number of benzene rings is 1. The fourth-order valence-electron chi connectivity index (χ4n) is 1.74. The summed E-state index contributed by atoms with van der Waals surface area (Å²) in [6, 6.07) is 6.23. The molecule has 0 aromatic heterocycles. The molecule has 0 saturated carbocycles. The molecular formula is C15H17F4NO4. The van der Waals surface area contributed by atoms with Gasteiger partial charge in [0.1, 0.15) is 11.9 Å². The van der Waals surface area contributed by atoms with E-state index in [0.717, 1.165) is 18.7 Å². The van der Waals surface area contributed by atoms with Gasteiger partial charge in [-0.05, 0) is 23.6 Å². The Kier molecular flexibility index (Phi) is 7.15. The predicted molar refractivity (Wildman–Crippen MR) is 75.9 cm³/mol. The van der Waals surface area contributed by atoms with Crippen LogP contribution in [-0.2, 0) is 14.3 Å². The molecule has 2 N–H and O–H groups in total. The summed E-state index contributed by atoms with van der Waals surface area (Å²) in [6.45, 7) is 3.43. The zero-order valence-corrected chi connectivity index (χ0v) is 12.8. The summed E-state index contributed by atoms with van der Waals surface area (Å²) in [5, 5.41) is 10.2. The first-order chi connectivity index (χ1) is 11.1. The summed E-state index contributed by atoms with van der Waals surface area (Å²) in [5.41, 5.74) is 0.954. The SMILES string of the molecule is CC(CC(=O)OC1CNC1)c1ccc(F)cc1.O=C(O)C(F)(F)F. The van der Waals surface area contributed by atoms with Gasteiger partial charge in [0, 0.05) is 13.1 Å². The van der Waals surface area contributed by atoms with E-state index >= 15 is 0 Å². The number of nitrogens with one attached hydrogen (secondary N) is 1. The molecule has 1 saturated heterocycles. The zero-order chi connectivity index (χ0) is 18.3. The van der Waals surface area contributed by atoms with Crippen LogP contribution in [0.15, 0.2) is 24.3 Å². The Morgan fingerprint density at radius 1 is 1.29 bits per heavy atom. The van der Waals surface area contributed by atoms with E-state index in [4.69, 9.17) is 14.6 Å². The van der Waals surface area contributed by atoms with Gasteiger partial charge in [0.15, 0.2) is 0 Å². The second kappa shape index (κ2) is 8.62. The van der Waals surface area contributed by atoms with Gasteiger partial charge >= 0.3 is 18.1 Å². The number of carbonyl (C=O) groups is 2. The molecule has 0 aliphatic carbocycles. The molecule has 0 amide bonds. The number of halogens is 4. The lowest BCUT2D eigenvalue weighted by atomic mass is 9.98. The van der Waals surface area contributed by atoms with Crippen molar-refractivity contribution in [1.29, 1.82) is 0 Å². The lowest BCUT2D eigenvalue weighted by Crippen LogP contribution is -2.49. The molecule has 9 heteroatoms. The second-order valence-electron chi connectivity index (χ2n) is 5.23. The molecule has 1 aliphatic rings. The number of carboxylic acid groups (broad SMARTS) is 1. The number of hydrogen-bond donors (Lipinski definition) is 2. The maximum Gasteiger partial charge on any atom is 0.490 e. The highest BCUT2D eigenvalue weighted by molar-refractivity contribution is 5.73. The number of ether oxygens (including phenoxy) is 1. The standard InChI is InChI=1S/C13H16FNO2.C2HF3O2/c1-9(10-2-4-11(14)5-3-10)6-13(16)17-12-7-15-8-12;3-2(4,5)1(6)7/h2-5,9,12,15H,6-8H2,1H3;(H,6,7). The minimum atomic E-state index is -5.08.